The lowest BCUT2D eigenvalue weighted by atomic mass is 10.2. The zero-order chi connectivity index (χ0) is 15.7. The molecule has 0 saturated heterocycles. The van der Waals surface area contributed by atoms with Gasteiger partial charge in [0.15, 0.2) is 0 Å². The molecule has 0 heterocycles. The van der Waals surface area contributed by atoms with Gasteiger partial charge in [-0.25, -0.2) is 4.79 Å². The van der Waals surface area contributed by atoms with Crippen LogP contribution in [0.25, 0.3) is 0 Å². The number of rotatable bonds is 7. The second-order valence-corrected chi connectivity index (χ2v) is 5.24. The van der Waals surface area contributed by atoms with E-state index >= 15 is 0 Å². The van der Waals surface area contributed by atoms with Crippen molar-refractivity contribution in [1.82, 2.24) is 5.32 Å². The zero-order valence-electron chi connectivity index (χ0n) is 11.7. The summed E-state index contributed by atoms with van der Waals surface area (Å²) in [6.45, 7) is 0.526. The fourth-order valence-corrected chi connectivity index (χ4v) is 2.09. The van der Waals surface area contributed by atoms with Crippen LogP contribution in [0.4, 0.5) is 10.5 Å². The minimum absolute atomic E-state index is 0.210. The van der Waals surface area contributed by atoms with Crippen LogP contribution in [0, 0.1) is 0 Å². The van der Waals surface area contributed by atoms with Crippen LogP contribution in [0.2, 0.25) is 10.0 Å². The third kappa shape index (κ3) is 7.20. The van der Waals surface area contributed by atoms with Gasteiger partial charge in [-0.2, -0.15) is 0 Å². The van der Waals surface area contributed by atoms with Gasteiger partial charge in [-0.05, 0) is 31.0 Å². The molecule has 0 fully saturated rings. The Bertz CT molecular complexity index is 495. The first kappa shape index (κ1) is 17.6. The Hall–Kier alpha value is -1.46. The van der Waals surface area contributed by atoms with Crippen molar-refractivity contribution in [3.05, 3.63) is 28.2 Å². The molecule has 0 saturated carbocycles. The van der Waals surface area contributed by atoms with Crippen molar-refractivity contribution in [3.8, 4) is 0 Å². The summed E-state index contributed by atoms with van der Waals surface area (Å²) in [6.07, 6.45) is 2.79. The highest BCUT2D eigenvalue weighted by Crippen LogP contribution is 2.25. The number of esters is 1. The molecule has 0 radical (unpaired) electrons. The Labute approximate surface area is 133 Å². The summed E-state index contributed by atoms with van der Waals surface area (Å²) in [5.41, 5.74) is 0.504. The number of carbonyl (C=O) groups excluding carboxylic acids is 2. The third-order valence-corrected chi connectivity index (χ3v) is 3.30. The van der Waals surface area contributed by atoms with E-state index in [0.29, 0.717) is 28.7 Å². The molecule has 2 N–H and O–H groups in total. The number of amides is 2. The molecule has 1 aromatic rings. The topological polar surface area (TPSA) is 67.4 Å². The fourth-order valence-electron chi connectivity index (χ4n) is 1.63. The van der Waals surface area contributed by atoms with E-state index in [1.807, 2.05) is 0 Å². The quantitative estimate of drug-likeness (QED) is 0.588. The zero-order valence-corrected chi connectivity index (χ0v) is 13.3. The predicted octanol–water partition coefficient (Wildman–Crippen LogP) is 3.85. The number of hydrogen-bond acceptors (Lipinski definition) is 3. The molecule has 7 heteroatoms. The van der Waals surface area contributed by atoms with Gasteiger partial charge in [0.25, 0.3) is 0 Å². The Morgan fingerprint density at radius 1 is 1.19 bits per heavy atom. The number of urea groups is 1. The summed E-state index contributed by atoms with van der Waals surface area (Å²) in [6, 6.07) is 4.52. The van der Waals surface area contributed by atoms with Crippen molar-refractivity contribution in [2.24, 2.45) is 0 Å². The Morgan fingerprint density at radius 2 is 1.95 bits per heavy atom. The van der Waals surface area contributed by atoms with Gasteiger partial charge in [0.05, 0.1) is 17.8 Å². The average Bonchev–Trinajstić information content (AvgIpc) is 2.45. The van der Waals surface area contributed by atoms with E-state index in [9.17, 15) is 9.59 Å². The molecule has 116 valence electrons. The van der Waals surface area contributed by atoms with Gasteiger partial charge in [-0.3, -0.25) is 4.79 Å². The van der Waals surface area contributed by atoms with Crippen molar-refractivity contribution in [2.75, 3.05) is 19.0 Å². The highest BCUT2D eigenvalue weighted by molar-refractivity contribution is 6.36. The van der Waals surface area contributed by atoms with Gasteiger partial charge < -0.3 is 15.4 Å². The van der Waals surface area contributed by atoms with Gasteiger partial charge >= 0.3 is 12.0 Å². The smallest absolute Gasteiger partial charge is 0.319 e. The van der Waals surface area contributed by atoms with Crippen molar-refractivity contribution in [2.45, 2.75) is 25.7 Å². The van der Waals surface area contributed by atoms with Crippen molar-refractivity contribution < 1.29 is 14.3 Å². The number of nitrogens with one attached hydrogen (secondary N) is 2. The average molecular weight is 333 g/mol. The number of unbranched alkanes of at least 4 members (excludes halogenated alkanes) is 2. The maximum atomic E-state index is 11.6. The number of hydrogen-bond donors (Lipinski definition) is 2. The largest absolute Gasteiger partial charge is 0.469 e. The van der Waals surface area contributed by atoms with Gasteiger partial charge in [0.2, 0.25) is 0 Å². The molecule has 5 nitrogen and oxygen atoms in total. The second kappa shape index (κ2) is 9.47. The van der Waals surface area contributed by atoms with Gasteiger partial charge in [0, 0.05) is 18.0 Å². The van der Waals surface area contributed by atoms with Gasteiger partial charge in [-0.1, -0.05) is 29.6 Å². The van der Waals surface area contributed by atoms with Gasteiger partial charge in [0.1, 0.15) is 0 Å². The molecule has 0 aromatic heterocycles. The van der Waals surface area contributed by atoms with Crippen LogP contribution in [0.3, 0.4) is 0 Å². The van der Waals surface area contributed by atoms with E-state index in [-0.39, 0.29) is 12.0 Å². The summed E-state index contributed by atoms with van der Waals surface area (Å²) in [5, 5.41) is 6.25. The van der Waals surface area contributed by atoms with Crippen molar-refractivity contribution in [3.63, 3.8) is 0 Å². The normalized spacial score (nSPS) is 10.0. The summed E-state index contributed by atoms with van der Waals surface area (Å²) in [4.78, 5) is 22.5. The van der Waals surface area contributed by atoms with E-state index in [4.69, 9.17) is 23.2 Å². The van der Waals surface area contributed by atoms with E-state index < -0.39 is 0 Å². The first-order chi connectivity index (χ1) is 10.0. The van der Waals surface area contributed by atoms with Crippen LogP contribution in [0.1, 0.15) is 25.7 Å². The predicted molar refractivity (Wildman–Crippen MR) is 84.0 cm³/mol. The highest BCUT2D eigenvalue weighted by Gasteiger charge is 2.05. The monoisotopic (exact) mass is 332 g/mol. The van der Waals surface area contributed by atoms with Crippen LogP contribution in [-0.2, 0) is 9.53 Å². The lowest BCUT2D eigenvalue weighted by Gasteiger charge is -2.09. The van der Waals surface area contributed by atoms with Crippen LogP contribution in [-0.4, -0.2) is 25.7 Å². The van der Waals surface area contributed by atoms with Crippen LogP contribution < -0.4 is 10.6 Å². The summed E-state index contributed by atoms with van der Waals surface area (Å²) in [7, 11) is 1.37. The summed E-state index contributed by atoms with van der Waals surface area (Å²) in [5.74, 6) is -0.210. The molecule has 0 bridgehead atoms. The molecule has 0 aliphatic carbocycles. The van der Waals surface area contributed by atoms with E-state index in [1.54, 1.807) is 18.2 Å². The van der Waals surface area contributed by atoms with Crippen LogP contribution in [0.5, 0.6) is 0 Å². The molecule has 0 atom stereocenters. The lowest BCUT2D eigenvalue weighted by molar-refractivity contribution is -0.140. The molecule has 21 heavy (non-hydrogen) atoms. The number of benzene rings is 1. The second-order valence-electron chi connectivity index (χ2n) is 4.39. The first-order valence-electron chi connectivity index (χ1n) is 6.59. The molecule has 0 unspecified atom stereocenters. The SMILES string of the molecule is COC(=O)CCCCCNC(=O)Nc1ccc(Cl)cc1Cl. The molecular weight excluding hydrogens is 315 g/mol. The maximum Gasteiger partial charge on any atom is 0.319 e. The summed E-state index contributed by atoms with van der Waals surface area (Å²) < 4.78 is 4.54. The molecule has 1 rings (SSSR count). The number of methoxy groups -OCH3 is 1. The Kier molecular flexibility index (Phi) is 7.93. The molecule has 0 spiro atoms. The van der Waals surface area contributed by atoms with E-state index in [1.165, 1.54) is 7.11 Å². The molecular formula is C14H18Cl2N2O3. The standard InChI is InChI=1S/C14H18Cl2N2O3/c1-21-13(19)5-3-2-4-8-17-14(20)18-12-7-6-10(15)9-11(12)16/h6-7,9H,2-5,8H2,1H3,(H2,17,18,20). The minimum Gasteiger partial charge on any atom is -0.469 e. The molecule has 0 aliphatic heterocycles. The van der Waals surface area contributed by atoms with Crippen LogP contribution >= 0.6 is 23.2 Å². The fraction of sp³-hybridized carbons (Fsp3) is 0.429. The summed E-state index contributed by atoms with van der Waals surface area (Å²) >= 11 is 11.7. The van der Waals surface area contributed by atoms with Crippen molar-refractivity contribution >= 4 is 40.9 Å². The number of halogens is 2. The maximum absolute atomic E-state index is 11.6. The lowest BCUT2D eigenvalue weighted by Crippen LogP contribution is -2.29. The molecule has 1 aromatic carbocycles. The van der Waals surface area contributed by atoms with Gasteiger partial charge in [-0.15, -0.1) is 0 Å². The number of carbonyl (C=O) groups is 2. The minimum atomic E-state index is -0.327. The molecule has 0 aliphatic rings. The number of ether oxygens (including phenoxy) is 1. The number of anilines is 1. The van der Waals surface area contributed by atoms with Crippen LogP contribution in [0.15, 0.2) is 18.2 Å². The Morgan fingerprint density at radius 3 is 2.62 bits per heavy atom. The van der Waals surface area contributed by atoms with E-state index in [0.717, 1.165) is 19.3 Å². The van der Waals surface area contributed by atoms with Crippen molar-refractivity contribution in [1.29, 1.82) is 0 Å². The third-order valence-electron chi connectivity index (χ3n) is 2.75. The molecule has 2 amide bonds. The first-order valence-corrected chi connectivity index (χ1v) is 7.35. The Balaban J connectivity index is 2.18. The van der Waals surface area contributed by atoms with E-state index in [2.05, 4.69) is 15.4 Å². The highest BCUT2D eigenvalue weighted by atomic mass is 35.5.